The normalized spacial score (nSPS) is 14.8. The SMILES string of the molecule is CCCC(CS(N)(=O)=O)OC. The van der Waals surface area contributed by atoms with E-state index in [1.807, 2.05) is 6.92 Å². The van der Waals surface area contributed by atoms with Gasteiger partial charge in [0.05, 0.1) is 11.9 Å². The van der Waals surface area contributed by atoms with Gasteiger partial charge in [0.1, 0.15) is 0 Å². The van der Waals surface area contributed by atoms with Gasteiger partial charge in [-0.1, -0.05) is 13.3 Å². The summed E-state index contributed by atoms with van der Waals surface area (Å²) < 4.78 is 26.1. The number of nitrogens with two attached hydrogens (primary N) is 1. The zero-order valence-corrected chi connectivity index (χ0v) is 7.73. The summed E-state index contributed by atoms with van der Waals surface area (Å²) in [5.41, 5.74) is 0. The molecule has 0 heterocycles. The first-order valence-corrected chi connectivity index (χ1v) is 5.24. The van der Waals surface area contributed by atoms with E-state index in [2.05, 4.69) is 0 Å². The molecular weight excluding hydrogens is 166 g/mol. The summed E-state index contributed by atoms with van der Waals surface area (Å²) in [4.78, 5) is 0. The van der Waals surface area contributed by atoms with E-state index >= 15 is 0 Å². The first-order chi connectivity index (χ1) is 4.99. The first kappa shape index (κ1) is 10.9. The summed E-state index contributed by atoms with van der Waals surface area (Å²) in [7, 11) is -1.89. The van der Waals surface area contributed by atoms with E-state index in [9.17, 15) is 8.42 Å². The van der Waals surface area contributed by atoms with Crippen molar-refractivity contribution in [3.63, 3.8) is 0 Å². The molecule has 0 saturated heterocycles. The molecule has 0 spiro atoms. The van der Waals surface area contributed by atoms with Crippen LogP contribution in [0.25, 0.3) is 0 Å². The Morgan fingerprint density at radius 3 is 2.36 bits per heavy atom. The number of hydrogen-bond acceptors (Lipinski definition) is 3. The quantitative estimate of drug-likeness (QED) is 0.653. The zero-order valence-electron chi connectivity index (χ0n) is 6.91. The van der Waals surface area contributed by atoms with Gasteiger partial charge in [-0.15, -0.1) is 0 Å². The third-order valence-electron chi connectivity index (χ3n) is 1.36. The lowest BCUT2D eigenvalue weighted by Gasteiger charge is -2.11. The fourth-order valence-electron chi connectivity index (χ4n) is 0.850. The minimum Gasteiger partial charge on any atom is -0.380 e. The highest BCUT2D eigenvalue weighted by molar-refractivity contribution is 7.89. The van der Waals surface area contributed by atoms with Crippen molar-refractivity contribution in [1.82, 2.24) is 0 Å². The number of ether oxygens (including phenoxy) is 1. The summed E-state index contributed by atoms with van der Waals surface area (Å²) >= 11 is 0. The molecular formula is C6H15NO3S. The molecule has 0 bridgehead atoms. The number of methoxy groups -OCH3 is 1. The average molecular weight is 181 g/mol. The van der Waals surface area contributed by atoms with Crippen LogP contribution in [0.1, 0.15) is 19.8 Å². The Balaban J connectivity index is 3.88. The summed E-state index contributed by atoms with van der Waals surface area (Å²) in [5.74, 6) is -0.0860. The lowest BCUT2D eigenvalue weighted by atomic mass is 10.2. The van der Waals surface area contributed by atoms with Gasteiger partial charge in [-0.2, -0.15) is 0 Å². The van der Waals surface area contributed by atoms with Crippen LogP contribution in [-0.4, -0.2) is 27.4 Å². The highest BCUT2D eigenvalue weighted by Gasteiger charge is 2.13. The summed E-state index contributed by atoms with van der Waals surface area (Å²) in [5, 5.41) is 4.83. The van der Waals surface area contributed by atoms with Crippen LogP contribution < -0.4 is 5.14 Å². The molecule has 0 aromatic heterocycles. The van der Waals surface area contributed by atoms with E-state index in [0.717, 1.165) is 12.8 Å². The first-order valence-electron chi connectivity index (χ1n) is 3.53. The van der Waals surface area contributed by atoms with Crippen LogP contribution in [-0.2, 0) is 14.8 Å². The van der Waals surface area contributed by atoms with Crippen molar-refractivity contribution >= 4 is 10.0 Å². The van der Waals surface area contributed by atoms with E-state index in [0.29, 0.717) is 0 Å². The Morgan fingerprint density at radius 1 is 1.55 bits per heavy atom. The van der Waals surface area contributed by atoms with Gasteiger partial charge in [0, 0.05) is 7.11 Å². The molecule has 5 heteroatoms. The minimum absolute atomic E-state index is 0.0860. The summed E-state index contributed by atoms with van der Waals surface area (Å²) in [6.45, 7) is 1.97. The predicted molar refractivity (Wildman–Crippen MR) is 43.7 cm³/mol. The number of rotatable bonds is 5. The Morgan fingerprint density at radius 2 is 2.09 bits per heavy atom. The van der Waals surface area contributed by atoms with Crippen molar-refractivity contribution in [3.8, 4) is 0 Å². The Hall–Kier alpha value is -0.130. The average Bonchev–Trinajstić information content (AvgIpc) is 1.84. The molecule has 68 valence electrons. The molecule has 0 saturated carbocycles. The molecule has 0 fully saturated rings. The number of sulfonamides is 1. The second-order valence-corrected chi connectivity index (χ2v) is 4.13. The highest BCUT2D eigenvalue weighted by atomic mass is 32.2. The van der Waals surface area contributed by atoms with Gasteiger partial charge < -0.3 is 4.74 Å². The third-order valence-corrected chi connectivity index (χ3v) is 2.20. The third kappa shape index (κ3) is 6.28. The second kappa shape index (κ2) is 4.69. The maximum Gasteiger partial charge on any atom is 0.211 e. The van der Waals surface area contributed by atoms with Crippen LogP contribution in [0.2, 0.25) is 0 Å². The van der Waals surface area contributed by atoms with E-state index in [4.69, 9.17) is 9.88 Å². The van der Waals surface area contributed by atoms with Crippen molar-refractivity contribution < 1.29 is 13.2 Å². The van der Waals surface area contributed by atoms with Crippen molar-refractivity contribution in [2.75, 3.05) is 12.9 Å². The fourth-order valence-corrected chi connectivity index (χ4v) is 1.67. The number of primary sulfonamides is 1. The molecule has 0 aliphatic heterocycles. The maximum absolute atomic E-state index is 10.6. The molecule has 0 aromatic rings. The monoisotopic (exact) mass is 181 g/mol. The van der Waals surface area contributed by atoms with Gasteiger partial charge >= 0.3 is 0 Å². The molecule has 1 unspecified atom stereocenters. The summed E-state index contributed by atoms with van der Waals surface area (Å²) in [6, 6.07) is 0. The molecule has 2 N–H and O–H groups in total. The zero-order chi connectivity index (χ0) is 8.91. The van der Waals surface area contributed by atoms with Gasteiger partial charge in [-0.3, -0.25) is 0 Å². The molecule has 11 heavy (non-hydrogen) atoms. The van der Waals surface area contributed by atoms with Crippen molar-refractivity contribution in [1.29, 1.82) is 0 Å². The van der Waals surface area contributed by atoms with E-state index in [-0.39, 0.29) is 11.9 Å². The van der Waals surface area contributed by atoms with Crippen molar-refractivity contribution in [2.24, 2.45) is 5.14 Å². The Labute approximate surface area is 67.8 Å². The molecule has 0 rings (SSSR count). The molecule has 4 nitrogen and oxygen atoms in total. The highest BCUT2D eigenvalue weighted by Crippen LogP contribution is 2.02. The molecule has 0 radical (unpaired) electrons. The lowest BCUT2D eigenvalue weighted by molar-refractivity contribution is 0.112. The van der Waals surface area contributed by atoms with E-state index < -0.39 is 10.0 Å². The van der Waals surface area contributed by atoms with Crippen LogP contribution in [0.4, 0.5) is 0 Å². The van der Waals surface area contributed by atoms with Crippen LogP contribution >= 0.6 is 0 Å². The predicted octanol–water partition coefficient (Wildman–Crippen LogP) is 0.0900. The van der Waals surface area contributed by atoms with E-state index in [1.54, 1.807) is 0 Å². The summed E-state index contributed by atoms with van der Waals surface area (Å²) in [6.07, 6.45) is 1.37. The van der Waals surface area contributed by atoms with Gasteiger partial charge in [0.15, 0.2) is 0 Å². The van der Waals surface area contributed by atoms with Crippen molar-refractivity contribution in [3.05, 3.63) is 0 Å². The Bertz CT molecular complexity index is 188. The molecule has 1 atom stereocenters. The standard InChI is InChI=1S/C6H15NO3S/c1-3-4-6(10-2)5-11(7,8)9/h6H,3-5H2,1-2H3,(H2,7,8,9). The van der Waals surface area contributed by atoms with Gasteiger partial charge in [0.25, 0.3) is 0 Å². The van der Waals surface area contributed by atoms with Gasteiger partial charge in [-0.25, -0.2) is 13.6 Å². The molecule has 0 aliphatic rings. The Kier molecular flexibility index (Phi) is 4.63. The molecule has 0 aliphatic carbocycles. The smallest absolute Gasteiger partial charge is 0.211 e. The fraction of sp³-hybridized carbons (Fsp3) is 1.00. The minimum atomic E-state index is -3.38. The van der Waals surface area contributed by atoms with Gasteiger partial charge in [0.2, 0.25) is 10.0 Å². The van der Waals surface area contributed by atoms with Crippen LogP contribution in [0.5, 0.6) is 0 Å². The van der Waals surface area contributed by atoms with E-state index in [1.165, 1.54) is 7.11 Å². The van der Waals surface area contributed by atoms with Crippen LogP contribution in [0.3, 0.4) is 0 Å². The van der Waals surface area contributed by atoms with Crippen LogP contribution in [0.15, 0.2) is 0 Å². The van der Waals surface area contributed by atoms with Gasteiger partial charge in [-0.05, 0) is 6.42 Å². The lowest BCUT2D eigenvalue weighted by Crippen LogP contribution is -2.27. The molecule has 0 aromatic carbocycles. The maximum atomic E-state index is 10.6. The van der Waals surface area contributed by atoms with Crippen LogP contribution in [0, 0.1) is 0 Å². The number of hydrogen-bond donors (Lipinski definition) is 1. The topological polar surface area (TPSA) is 69.4 Å². The van der Waals surface area contributed by atoms with Crippen molar-refractivity contribution in [2.45, 2.75) is 25.9 Å². The second-order valence-electron chi connectivity index (χ2n) is 2.48. The largest absolute Gasteiger partial charge is 0.380 e. The molecule has 0 amide bonds.